The fourth-order valence-electron chi connectivity index (χ4n) is 1.54. The molecule has 102 valence electrons. The van der Waals surface area contributed by atoms with Crippen LogP contribution < -0.4 is 0 Å². The van der Waals surface area contributed by atoms with Gasteiger partial charge in [-0.3, -0.25) is 4.55 Å². The minimum Gasteiger partial charge on any atom is -0.281 e. The van der Waals surface area contributed by atoms with Crippen molar-refractivity contribution in [3.05, 3.63) is 49.2 Å². The zero-order valence-corrected chi connectivity index (χ0v) is 14.0. The van der Waals surface area contributed by atoms with E-state index in [0.29, 0.717) is 32.1 Å². The van der Waals surface area contributed by atoms with Gasteiger partial charge in [0.2, 0.25) is 0 Å². The monoisotopic (exact) mass is 400 g/mol. The molecule has 1 aromatic carbocycles. The van der Waals surface area contributed by atoms with Crippen LogP contribution in [-0.4, -0.2) is 13.0 Å². The zero-order chi connectivity index (χ0) is 14.2. The third-order valence-corrected chi connectivity index (χ3v) is 6.99. The molecule has 0 saturated carbocycles. The Labute approximate surface area is 133 Å². The van der Waals surface area contributed by atoms with E-state index in [4.69, 9.17) is 27.8 Å². The highest BCUT2D eigenvalue weighted by atomic mass is 79.9. The van der Waals surface area contributed by atoms with E-state index in [0.717, 1.165) is 11.3 Å². The molecule has 0 saturated heterocycles. The summed E-state index contributed by atoms with van der Waals surface area (Å²) in [6.45, 7) is 0. The lowest BCUT2D eigenvalue weighted by Gasteiger charge is -2.06. The molecule has 0 amide bonds. The van der Waals surface area contributed by atoms with Crippen LogP contribution in [0.5, 0.6) is 0 Å². The van der Waals surface area contributed by atoms with E-state index in [1.807, 2.05) is 0 Å². The van der Waals surface area contributed by atoms with Crippen LogP contribution in [0.3, 0.4) is 0 Å². The lowest BCUT2D eigenvalue weighted by atomic mass is 10.1. The van der Waals surface area contributed by atoms with Gasteiger partial charge in [-0.05, 0) is 44.6 Å². The van der Waals surface area contributed by atoms with Crippen LogP contribution in [-0.2, 0) is 16.5 Å². The lowest BCUT2D eigenvalue weighted by molar-refractivity contribution is 0.485. The van der Waals surface area contributed by atoms with Gasteiger partial charge in [0.05, 0.1) is 4.47 Å². The Morgan fingerprint density at radius 1 is 1.26 bits per heavy atom. The number of rotatable bonds is 3. The van der Waals surface area contributed by atoms with Crippen molar-refractivity contribution in [1.82, 2.24) is 0 Å². The Hall–Kier alpha value is -0.110. The molecule has 3 nitrogen and oxygen atoms in total. The highest BCUT2D eigenvalue weighted by Gasteiger charge is 2.20. The van der Waals surface area contributed by atoms with Gasteiger partial charge in [-0.1, -0.05) is 29.3 Å². The molecule has 0 spiro atoms. The SMILES string of the molecule is O=S(=O)(O)c1scc(Cc2c(Cl)cccc2Cl)c1Br. The maximum atomic E-state index is 11.1. The van der Waals surface area contributed by atoms with E-state index < -0.39 is 10.1 Å². The normalized spacial score (nSPS) is 11.8. The van der Waals surface area contributed by atoms with E-state index in [2.05, 4.69) is 15.9 Å². The summed E-state index contributed by atoms with van der Waals surface area (Å²) in [5.41, 5.74) is 1.42. The molecule has 0 atom stereocenters. The molecule has 0 fully saturated rings. The average Bonchev–Trinajstić information content (AvgIpc) is 2.65. The second-order valence-corrected chi connectivity index (χ2v) is 7.82. The largest absolute Gasteiger partial charge is 0.305 e. The highest BCUT2D eigenvalue weighted by molar-refractivity contribution is 9.10. The van der Waals surface area contributed by atoms with Crippen molar-refractivity contribution >= 4 is 60.6 Å². The molecule has 0 bridgehead atoms. The number of halogens is 3. The molecule has 2 rings (SSSR count). The first-order valence-electron chi connectivity index (χ1n) is 4.97. The fraction of sp³-hybridized carbons (Fsp3) is 0.0909. The molecule has 1 heterocycles. The summed E-state index contributed by atoms with van der Waals surface area (Å²) in [5.74, 6) is 0. The predicted molar refractivity (Wildman–Crippen MR) is 81.1 cm³/mol. The van der Waals surface area contributed by atoms with Gasteiger partial charge in [0.1, 0.15) is 0 Å². The van der Waals surface area contributed by atoms with Crippen LogP contribution in [0.1, 0.15) is 11.1 Å². The Morgan fingerprint density at radius 2 is 1.84 bits per heavy atom. The molecule has 0 aliphatic carbocycles. The first-order chi connectivity index (χ1) is 8.80. The Morgan fingerprint density at radius 3 is 2.32 bits per heavy atom. The van der Waals surface area contributed by atoms with E-state index >= 15 is 0 Å². The summed E-state index contributed by atoms with van der Waals surface area (Å²) >= 11 is 16.3. The summed E-state index contributed by atoms with van der Waals surface area (Å²) in [7, 11) is -4.22. The summed E-state index contributed by atoms with van der Waals surface area (Å²) in [5, 5.41) is 2.67. The summed E-state index contributed by atoms with van der Waals surface area (Å²) in [6.07, 6.45) is 0.380. The van der Waals surface area contributed by atoms with E-state index in [9.17, 15) is 8.42 Å². The molecule has 0 radical (unpaired) electrons. The van der Waals surface area contributed by atoms with Crippen molar-refractivity contribution < 1.29 is 13.0 Å². The summed E-state index contributed by atoms with van der Waals surface area (Å²) in [4.78, 5) is 0. The Bertz CT molecular complexity index is 705. The van der Waals surface area contributed by atoms with Crippen molar-refractivity contribution in [3.8, 4) is 0 Å². The predicted octanol–water partition coefficient (Wildman–Crippen LogP) is 4.65. The molecule has 0 aliphatic heterocycles. The minimum atomic E-state index is -4.22. The Kier molecular flexibility index (Phi) is 4.59. The van der Waals surface area contributed by atoms with E-state index in [1.165, 1.54) is 0 Å². The first kappa shape index (κ1) is 15.3. The van der Waals surface area contributed by atoms with Gasteiger partial charge in [0.25, 0.3) is 0 Å². The maximum Gasteiger partial charge on any atom is 0.305 e. The van der Waals surface area contributed by atoms with Crippen LogP contribution in [0.25, 0.3) is 0 Å². The van der Waals surface area contributed by atoms with Crippen LogP contribution in [0.15, 0.2) is 32.3 Å². The summed E-state index contributed by atoms with van der Waals surface area (Å²) < 4.78 is 31.6. The second kappa shape index (κ2) is 5.71. The highest BCUT2D eigenvalue weighted by Crippen LogP contribution is 2.36. The van der Waals surface area contributed by atoms with Gasteiger partial charge in [0, 0.05) is 16.5 Å². The van der Waals surface area contributed by atoms with Crippen molar-refractivity contribution in [2.24, 2.45) is 0 Å². The average molecular weight is 402 g/mol. The first-order valence-corrected chi connectivity index (χ1v) is 8.84. The number of thiophene rings is 1. The third-order valence-electron chi connectivity index (χ3n) is 2.43. The minimum absolute atomic E-state index is 0.120. The summed E-state index contributed by atoms with van der Waals surface area (Å²) in [6, 6.07) is 5.17. The van der Waals surface area contributed by atoms with Gasteiger partial charge in [0.15, 0.2) is 4.21 Å². The molecule has 0 aliphatic rings. The van der Waals surface area contributed by atoms with Crippen LogP contribution in [0.4, 0.5) is 0 Å². The van der Waals surface area contributed by atoms with Gasteiger partial charge in [-0.25, -0.2) is 0 Å². The molecule has 19 heavy (non-hydrogen) atoms. The topological polar surface area (TPSA) is 54.4 Å². The van der Waals surface area contributed by atoms with E-state index in [1.54, 1.807) is 23.6 Å². The molecule has 1 aromatic heterocycles. The van der Waals surface area contributed by atoms with Gasteiger partial charge in [-0.2, -0.15) is 8.42 Å². The van der Waals surface area contributed by atoms with Crippen LogP contribution in [0.2, 0.25) is 10.0 Å². The molecule has 1 N–H and O–H groups in total. The standard InChI is InChI=1S/C11H7BrCl2O3S2/c12-10-6(5-18-11(10)19(15,16)17)4-7-8(13)2-1-3-9(7)14/h1-3,5H,4H2,(H,15,16,17). The van der Waals surface area contributed by atoms with Crippen molar-refractivity contribution in [1.29, 1.82) is 0 Å². The van der Waals surface area contributed by atoms with Gasteiger partial charge in [-0.15, -0.1) is 11.3 Å². The smallest absolute Gasteiger partial charge is 0.281 e. The van der Waals surface area contributed by atoms with Crippen molar-refractivity contribution in [3.63, 3.8) is 0 Å². The third kappa shape index (κ3) is 3.32. The van der Waals surface area contributed by atoms with Gasteiger partial charge < -0.3 is 0 Å². The molecular weight excluding hydrogens is 395 g/mol. The van der Waals surface area contributed by atoms with Crippen molar-refractivity contribution in [2.45, 2.75) is 10.6 Å². The molecule has 0 unspecified atom stereocenters. The maximum absolute atomic E-state index is 11.1. The molecule has 2 aromatic rings. The number of hydrogen-bond donors (Lipinski definition) is 1. The number of hydrogen-bond acceptors (Lipinski definition) is 3. The lowest BCUT2D eigenvalue weighted by Crippen LogP contribution is -1.96. The second-order valence-electron chi connectivity index (χ2n) is 3.71. The Balaban J connectivity index is 2.43. The zero-order valence-electron chi connectivity index (χ0n) is 9.23. The number of benzene rings is 1. The van der Waals surface area contributed by atoms with Crippen LogP contribution in [0, 0.1) is 0 Å². The quantitative estimate of drug-likeness (QED) is 0.761. The molecular formula is C11H7BrCl2O3S2. The molecule has 8 heteroatoms. The van der Waals surface area contributed by atoms with Crippen molar-refractivity contribution in [2.75, 3.05) is 0 Å². The fourth-order valence-corrected chi connectivity index (χ4v) is 5.05. The van der Waals surface area contributed by atoms with Gasteiger partial charge >= 0.3 is 10.1 Å². The van der Waals surface area contributed by atoms with E-state index in [-0.39, 0.29) is 4.21 Å². The van der Waals surface area contributed by atoms with Crippen LogP contribution >= 0.6 is 50.5 Å².